The standard InChI is InChI=1S/C17H12ClF3N6O/c1-9(13-14(23-6-5-22-13)15-24-3-2-4-25-15)26-16(28)10-7-11(17(19,20)21)27-12(18)8-10/h2-9H,1H3,(H,26,28). The molecule has 3 aromatic heterocycles. The molecule has 1 amide bonds. The van der Waals surface area contributed by atoms with Gasteiger partial charge in [0.1, 0.15) is 16.5 Å². The molecule has 11 heteroatoms. The number of nitrogens with zero attached hydrogens (tertiary/aromatic N) is 5. The molecule has 0 spiro atoms. The minimum absolute atomic E-state index is 0.277. The van der Waals surface area contributed by atoms with Crippen LogP contribution in [0, 0.1) is 0 Å². The Morgan fingerprint density at radius 3 is 2.43 bits per heavy atom. The predicted octanol–water partition coefficient (Wildman–Crippen LogP) is 3.49. The van der Waals surface area contributed by atoms with E-state index >= 15 is 0 Å². The molecule has 1 unspecified atom stereocenters. The van der Waals surface area contributed by atoms with E-state index in [1.165, 1.54) is 24.8 Å². The fourth-order valence-electron chi connectivity index (χ4n) is 2.38. The van der Waals surface area contributed by atoms with Gasteiger partial charge in [0, 0.05) is 30.4 Å². The molecule has 7 nitrogen and oxygen atoms in total. The zero-order valence-electron chi connectivity index (χ0n) is 14.3. The lowest BCUT2D eigenvalue weighted by atomic mass is 10.1. The van der Waals surface area contributed by atoms with Crippen LogP contribution in [0.2, 0.25) is 5.15 Å². The Bertz CT molecular complexity index is 1000. The number of carbonyl (C=O) groups is 1. The highest BCUT2D eigenvalue weighted by molar-refractivity contribution is 6.29. The summed E-state index contributed by atoms with van der Waals surface area (Å²) < 4.78 is 38.7. The summed E-state index contributed by atoms with van der Waals surface area (Å²) in [5.74, 6) is -0.467. The summed E-state index contributed by atoms with van der Waals surface area (Å²) in [6.45, 7) is 1.61. The zero-order valence-corrected chi connectivity index (χ0v) is 15.0. The summed E-state index contributed by atoms with van der Waals surface area (Å²) in [5.41, 5.74) is -0.825. The van der Waals surface area contributed by atoms with Gasteiger partial charge in [0.15, 0.2) is 5.82 Å². The summed E-state index contributed by atoms with van der Waals surface area (Å²) in [6, 6.07) is 2.62. The lowest BCUT2D eigenvalue weighted by Crippen LogP contribution is -2.28. The van der Waals surface area contributed by atoms with Crippen molar-refractivity contribution in [3.05, 3.63) is 65.1 Å². The van der Waals surface area contributed by atoms with Crippen LogP contribution in [0.1, 0.15) is 34.7 Å². The highest BCUT2D eigenvalue weighted by Crippen LogP contribution is 2.29. The van der Waals surface area contributed by atoms with Crippen molar-refractivity contribution in [2.24, 2.45) is 0 Å². The summed E-state index contributed by atoms with van der Waals surface area (Å²) in [4.78, 5) is 32.3. The second kappa shape index (κ2) is 7.85. The summed E-state index contributed by atoms with van der Waals surface area (Å²) in [5, 5.41) is 2.14. The third kappa shape index (κ3) is 4.39. The molecular weight excluding hydrogens is 397 g/mol. The number of rotatable bonds is 4. The van der Waals surface area contributed by atoms with Crippen LogP contribution >= 0.6 is 11.6 Å². The Labute approximate surface area is 162 Å². The van der Waals surface area contributed by atoms with Gasteiger partial charge >= 0.3 is 6.18 Å². The Kier molecular flexibility index (Phi) is 5.50. The van der Waals surface area contributed by atoms with E-state index in [1.54, 1.807) is 13.0 Å². The molecule has 0 bridgehead atoms. The average Bonchev–Trinajstić information content (AvgIpc) is 2.67. The third-order valence-electron chi connectivity index (χ3n) is 3.61. The molecule has 0 saturated heterocycles. The SMILES string of the molecule is CC(NC(=O)c1cc(Cl)nc(C(F)(F)F)c1)c1nccnc1-c1ncccn1. The largest absolute Gasteiger partial charge is 0.433 e. The first-order valence-electron chi connectivity index (χ1n) is 7.89. The maximum Gasteiger partial charge on any atom is 0.433 e. The van der Waals surface area contributed by atoms with Crippen molar-refractivity contribution in [1.29, 1.82) is 0 Å². The van der Waals surface area contributed by atoms with Gasteiger partial charge in [-0.05, 0) is 25.1 Å². The first-order valence-corrected chi connectivity index (χ1v) is 8.27. The minimum Gasteiger partial charge on any atom is -0.344 e. The average molecular weight is 409 g/mol. The van der Waals surface area contributed by atoms with E-state index in [2.05, 4.69) is 30.2 Å². The topological polar surface area (TPSA) is 93.6 Å². The van der Waals surface area contributed by atoms with Crippen LogP contribution in [0.5, 0.6) is 0 Å². The molecule has 28 heavy (non-hydrogen) atoms. The zero-order chi connectivity index (χ0) is 20.3. The molecule has 3 rings (SSSR count). The van der Waals surface area contributed by atoms with Crippen molar-refractivity contribution >= 4 is 17.5 Å². The van der Waals surface area contributed by atoms with E-state index in [-0.39, 0.29) is 5.56 Å². The molecule has 0 aromatic carbocycles. The molecule has 0 aliphatic rings. The Hall–Kier alpha value is -3.14. The van der Waals surface area contributed by atoms with Crippen LogP contribution in [-0.4, -0.2) is 30.8 Å². The molecule has 1 N–H and O–H groups in total. The maximum atomic E-state index is 12.9. The van der Waals surface area contributed by atoms with Crippen molar-refractivity contribution in [2.45, 2.75) is 19.1 Å². The highest BCUT2D eigenvalue weighted by Gasteiger charge is 2.34. The van der Waals surface area contributed by atoms with Crippen molar-refractivity contribution in [3.8, 4) is 11.5 Å². The second-order valence-electron chi connectivity index (χ2n) is 5.62. The number of carbonyl (C=O) groups excluding carboxylic acids is 1. The number of alkyl halides is 3. The van der Waals surface area contributed by atoms with Gasteiger partial charge in [0.25, 0.3) is 5.91 Å². The number of halogens is 4. The molecule has 0 aliphatic carbocycles. The summed E-state index contributed by atoms with van der Waals surface area (Å²) in [7, 11) is 0. The van der Waals surface area contributed by atoms with Crippen LogP contribution < -0.4 is 5.32 Å². The van der Waals surface area contributed by atoms with Gasteiger partial charge in [0.2, 0.25) is 0 Å². The van der Waals surface area contributed by atoms with E-state index < -0.39 is 29.0 Å². The Morgan fingerprint density at radius 1 is 1.07 bits per heavy atom. The van der Waals surface area contributed by atoms with Gasteiger partial charge in [-0.1, -0.05) is 11.6 Å². The summed E-state index contributed by atoms with van der Waals surface area (Å²) >= 11 is 5.63. The normalized spacial score (nSPS) is 12.5. The number of hydrogen-bond acceptors (Lipinski definition) is 6. The fourth-order valence-corrected chi connectivity index (χ4v) is 2.59. The first kappa shape index (κ1) is 19.6. The van der Waals surface area contributed by atoms with Gasteiger partial charge in [0.05, 0.1) is 11.7 Å². The van der Waals surface area contributed by atoms with E-state index in [0.717, 1.165) is 6.07 Å². The monoisotopic (exact) mass is 408 g/mol. The Morgan fingerprint density at radius 2 is 1.75 bits per heavy atom. The van der Waals surface area contributed by atoms with E-state index in [1.807, 2.05) is 0 Å². The number of hydrogen-bond donors (Lipinski definition) is 1. The van der Waals surface area contributed by atoms with Gasteiger partial charge in [-0.25, -0.2) is 19.9 Å². The van der Waals surface area contributed by atoms with Crippen LogP contribution in [0.25, 0.3) is 11.5 Å². The minimum atomic E-state index is -4.73. The predicted molar refractivity (Wildman–Crippen MR) is 93.2 cm³/mol. The van der Waals surface area contributed by atoms with Crippen molar-refractivity contribution in [2.75, 3.05) is 0 Å². The van der Waals surface area contributed by atoms with Gasteiger partial charge < -0.3 is 5.32 Å². The quantitative estimate of drug-likeness (QED) is 0.664. The molecule has 0 saturated carbocycles. The number of pyridine rings is 1. The third-order valence-corrected chi connectivity index (χ3v) is 3.80. The molecule has 0 fully saturated rings. The van der Waals surface area contributed by atoms with Crippen LogP contribution in [0.4, 0.5) is 13.2 Å². The maximum absolute atomic E-state index is 12.9. The van der Waals surface area contributed by atoms with Crippen LogP contribution in [0.15, 0.2) is 43.0 Å². The van der Waals surface area contributed by atoms with Crippen molar-refractivity contribution < 1.29 is 18.0 Å². The van der Waals surface area contributed by atoms with Gasteiger partial charge in [-0.3, -0.25) is 9.78 Å². The Balaban J connectivity index is 1.88. The molecule has 0 aliphatic heterocycles. The van der Waals surface area contributed by atoms with Crippen molar-refractivity contribution in [1.82, 2.24) is 30.2 Å². The van der Waals surface area contributed by atoms with E-state index in [9.17, 15) is 18.0 Å². The molecule has 3 aromatic rings. The first-order chi connectivity index (χ1) is 13.3. The van der Waals surface area contributed by atoms with E-state index in [0.29, 0.717) is 23.3 Å². The molecule has 1 atom stereocenters. The van der Waals surface area contributed by atoms with Crippen LogP contribution in [0.3, 0.4) is 0 Å². The highest BCUT2D eigenvalue weighted by atomic mass is 35.5. The molecule has 3 heterocycles. The van der Waals surface area contributed by atoms with Crippen LogP contribution in [-0.2, 0) is 6.18 Å². The van der Waals surface area contributed by atoms with Gasteiger partial charge in [-0.15, -0.1) is 0 Å². The van der Waals surface area contributed by atoms with E-state index in [4.69, 9.17) is 11.6 Å². The number of aromatic nitrogens is 5. The smallest absolute Gasteiger partial charge is 0.344 e. The lowest BCUT2D eigenvalue weighted by molar-refractivity contribution is -0.141. The molecular formula is C17H12ClF3N6O. The molecule has 144 valence electrons. The number of amides is 1. The van der Waals surface area contributed by atoms with Gasteiger partial charge in [-0.2, -0.15) is 13.2 Å². The molecule has 0 radical (unpaired) electrons. The second-order valence-corrected chi connectivity index (χ2v) is 6.01. The van der Waals surface area contributed by atoms with Crippen molar-refractivity contribution in [3.63, 3.8) is 0 Å². The number of nitrogens with one attached hydrogen (secondary N) is 1. The fraction of sp³-hybridized carbons (Fsp3) is 0.176. The summed E-state index contributed by atoms with van der Waals surface area (Å²) in [6.07, 6.45) is 1.20. The lowest BCUT2D eigenvalue weighted by Gasteiger charge is -2.16.